The van der Waals surface area contributed by atoms with Gasteiger partial charge >= 0.3 is 0 Å². The zero-order chi connectivity index (χ0) is 12.4. The van der Waals surface area contributed by atoms with E-state index >= 15 is 0 Å². The summed E-state index contributed by atoms with van der Waals surface area (Å²) in [6.07, 6.45) is 2.40. The number of hydrogen-bond donors (Lipinski definition) is 2. The van der Waals surface area contributed by atoms with Gasteiger partial charge in [-0.1, -0.05) is 0 Å². The molecule has 2 rings (SSSR count). The van der Waals surface area contributed by atoms with E-state index in [4.69, 9.17) is 0 Å². The molecule has 0 aliphatic heterocycles. The van der Waals surface area contributed by atoms with E-state index in [1.165, 1.54) is 31.0 Å². The van der Waals surface area contributed by atoms with Crippen LogP contribution >= 0.6 is 0 Å². The van der Waals surface area contributed by atoms with E-state index < -0.39 is 0 Å². The van der Waals surface area contributed by atoms with Crippen molar-refractivity contribution in [1.29, 1.82) is 0 Å². The van der Waals surface area contributed by atoms with Gasteiger partial charge in [0.15, 0.2) is 11.5 Å². The van der Waals surface area contributed by atoms with Crippen LogP contribution in [0.5, 0.6) is 11.5 Å². The standard InChI is InChI=1S/C13H17NO3/c1-2-14(8-9-3-4-9)13(17)10-5-6-11(15)12(16)7-10/h5-7,9,15-16H,2-4,8H2,1H3. The van der Waals surface area contributed by atoms with Crippen molar-refractivity contribution in [1.82, 2.24) is 4.90 Å². The first kappa shape index (κ1) is 11.8. The largest absolute Gasteiger partial charge is 0.504 e. The molecule has 17 heavy (non-hydrogen) atoms. The molecule has 0 saturated heterocycles. The Morgan fingerprint density at radius 1 is 1.35 bits per heavy atom. The second-order valence-electron chi connectivity index (χ2n) is 4.49. The summed E-state index contributed by atoms with van der Waals surface area (Å²) in [5.41, 5.74) is 0.419. The van der Waals surface area contributed by atoms with Crippen LogP contribution in [0.15, 0.2) is 18.2 Å². The highest BCUT2D eigenvalue weighted by molar-refractivity contribution is 5.94. The summed E-state index contributed by atoms with van der Waals surface area (Å²) in [6, 6.07) is 4.19. The average molecular weight is 235 g/mol. The molecule has 1 aromatic carbocycles. The van der Waals surface area contributed by atoms with Crippen molar-refractivity contribution in [3.63, 3.8) is 0 Å². The van der Waals surface area contributed by atoms with Crippen LogP contribution in [0, 0.1) is 5.92 Å². The molecule has 0 atom stereocenters. The van der Waals surface area contributed by atoms with Crippen molar-refractivity contribution >= 4 is 5.91 Å². The highest BCUT2D eigenvalue weighted by atomic mass is 16.3. The summed E-state index contributed by atoms with van der Waals surface area (Å²) in [7, 11) is 0. The molecule has 0 radical (unpaired) electrons. The fourth-order valence-corrected chi connectivity index (χ4v) is 1.81. The number of hydrogen-bond acceptors (Lipinski definition) is 3. The van der Waals surface area contributed by atoms with E-state index in [0.717, 1.165) is 6.54 Å². The molecule has 1 amide bonds. The predicted octanol–water partition coefficient (Wildman–Crippen LogP) is 1.97. The lowest BCUT2D eigenvalue weighted by Crippen LogP contribution is -2.32. The third-order valence-electron chi connectivity index (χ3n) is 3.07. The number of amides is 1. The van der Waals surface area contributed by atoms with E-state index in [0.29, 0.717) is 18.0 Å². The van der Waals surface area contributed by atoms with Gasteiger partial charge in [0.1, 0.15) is 0 Å². The minimum Gasteiger partial charge on any atom is -0.504 e. The SMILES string of the molecule is CCN(CC1CC1)C(=O)c1ccc(O)c(O)c1. The second kappa shape index (κ2) is 4.65. The minimum atomic E-state index is -0.252. The van der Waals surface area contributed by atoms with Crippen molar-refractivity contribution in [3.8, 4) is 11.5 Å². The molecule has 0 heterocycles. The Hall–Kier alpha value is -1.71. The molecule has 1 aromatic rings. The van der Waals surface area contributed by atoms with Gasteiger partial charge in [0.05, 0.1) is 0 Å². The lowest BCUT2D eigenvalue weighted by Gasteiger charge is -2.20. The number of carbonyl (C=O) groups is 1. The molecule has 4 heteroatoms. The van der Waals surface area contributed by atoms with Crippen molar-refractivity contribution in [2.75, 3.05) is 13.1 Å². The van der Waals surface area contributed by atoms with Crippen molar-refractivity contribution in [2.45, 2.75) is 19.8 Å². The molecule has 1 aliphatic carbocycles. The molecule has 1 saturated carbocycles. The van der Waals surface area contributed by atoms with Crippen LogP contribution in [-0.2, 0) is 0 Å². The molecule has 1 fully saturated rings. The Morgan fingerprint density at radius 2 is 2.06 bits per heavy atom. The Bertz CT molecular complexity index is 427. The highest BCUT2D eigenvalue weighted by Crippen LogP contribution is 2.31. The van der Waals surface area contributed by atoms with E-state index in [1.807, 2.05) is 6.92 Å². The Kier molecular flexibility index (Phi) is 3.22. The Labute approximate surface area is 100 Å². The number of nitrogens with zero attached hydrogens (tertiary/aromatic N) is 1. The molecule has 0 bridgehead atoms. The van der Waals surface area contributed by atoms with E-state index in [9.17, 15) is 15.0 Å². The quantitative estimate of drug-likeness (QED) is 0.784. The molecule has 4 nitrogen and oxygen atoms in total. The van der Waals surface area contributed by atoms with Gasteiger partial charge in [-0.05, 0) is 43.9 Å². The predicted molar refractivity (Wildman–Crippen MR) is 64.1 cm³/mol. The van der Waals surface area contributed by atoms with Crippen LogP contribution < -0.4 is 0 Å². The van der Waals surface area contributed by atoms with Gasteiger partial charge in [0.2, 0.25) is 0 Å². The summed E-state index contributed by atoms with van der Waals surface area (Å²) in [6.45, 7) is 3.40. The topological polar surface area (TPSA) is 60.8 Å². The van der Waals surface area contributed by atoms with Gasteiger partial charge in [-0.3, -0.25) is 4.79 Å². The first-order valence-corrected chi connectivity index (χ1v) is 5.93. The number of phenolic OH excluding ortho intramolecular Hbond substituents is 2. The third kappa shape index (κ3) is 2.70. The molecule has 0 spiro atoms. The Balaban J connectivity index is 2.12. The number of rotatable bonds is 4. The molecule has 1 aliphatic rings. The van der Waals surface area contributed by atoms with Crippen molar-refractivity contribution in [3.05, 3.63) is 23.8 Å². The summed E-state index contributed by atoms with van der Waals surface area (Å²) in [5, 5.41) is 18.6. The first-order valence-electron chi connectivity index (χ1n) is 5.93. The van der Waals surface area contributed by atoms with Crippen LogP contribution in [0.25, 0.3) is 0 Å². The number of carbonyl (C=O) groups excluding carboxylic acids is 1. The number of benzene rings is 1. The van der Waals surface area contributed by atoms with Crippen LogP contribution in [-0.4, -0.2) is 34.1 Å². The van der Waals surface area contributed by atoms with Gasteiger partial charge in [-0.2, -0.15) is 0 Å². The third-order valence-corrected chi connectivity index (χ3v) is 3.07. The first-order chi connectivity index (χ1) is 8.11. The maximum Gasteiger partial charge on any atom is 0.253 e. The van der Waals surface area contributed by atoms with E-state index in [2.05, 4.69) is 0 Å². The van der Waals surface area contributed by atoms with Crippen molar-refractivity contribution < 1.29 is 15.0 Å². The lowest BCUT2D eigenvalue weighted by molar-refractivity contribution is 0.0756. The van der Waals surface area contributed by atoms with Gasteiger partial charge in [-0.15, -0.1) is 0 Å². The molecular formula is C13H17NO3. The summed E-state index contributed by atoms with van der Waals surface area (Å²) in [4.78, 5) is 13.9. The maximum atomic E-state index is 12.1. The normalized spacial score (nSPS) is 14.6. The maximum absolute atomic E-state index is 12.1. The number of phenols is 2. The molecule has 92 valence electrons. The average Bonchev–Trinajstić information content (AvgIpc) is 3.12. The zero-order valence-electron chi connectivity index (χ0n) is 9.89. The minimum absolute atomic E-state index is 0.0882. The molecule has 0 unspecified atom stereocenters. The van der Waals surface area contributed by atoms with E-state index in [-0.39, 0.29) is 17.4 Å². The van der Waals surface area contributed by atoms with Crippen LogP contribution in [0.3, 0.4) is 0 Å². The summed E-state index contributed by atoms with van der Waals surface area (Å²) >= 11 is 0. The van der Waals surface area contributed by atoms with Gasteiger partial charge in [0, 0.05) is 18.7 Å². The highest BCUT2D eigenvalue weighted by Gasteiger charge is 2.26. The van der Waals surface area contributed by atoms with Gasteiger partial charge < -0.3 is 15.1 Å². The zero-order valence-corrected chi connectivity index (χ0v) is 9.89. The summed E-state index contributed by atoms with van der Waals surface area (Å²) in [5.74, 6) is 0.101. The van der Waals surface area contributed by atoms with Gasteiger partial charge in [0.25, 0.3) is 5.91 Å². The second-order valence-corrected chi connectivity index (χ2v) is 4.49. The molecule has 0 aromatic heterocycles. The van der Waals surface area contributed by atoms with Crippen LogP contribution in [0.2, 0.25) is 0 Å². The fraction of sp³-hybridized carbons (Fsp3) is 0.462. The molecular weight excluding hydrogens is 218 g/mol. The monoisotopic (exact) mass is 235 g/mol. The number of aromatic hydroxyl groups is 2. The van der Waals surface area contributed by atoms with Crippen molar-refractivity contribution in [2.24, 2.45) is 5.92 Å². The lowest BCUT2D eigenvalue weighted by atomic mass is 10.1. The molecule has 2 N–H and O–H groups in total. The van der Waals surface area contributed by atoms with Crippen LogP contribution in [0.4, 0.5) is 0 Å². The van der Waals surface area contributed by atoms with Gasteiger partial charge in [-0.25, -0.2) is 0 Å². The van der Waals surface area contributed by atoms with Crippen LogP contribution in [0.1, 0.15) is 30.1 Å². The summed E-state index contributed by atoms with van der Waals surface area (Å²) < 4.78 is 0. The van der Waals surface area contributed by atoms with E-state index in [1.54, 1.807) is 4.90 Å². The smallest absolute Gasteiger partial charge is 0.253 e. The Morgan fingerprint density at radius 3 is 2.59 bits per heavy atom. The fourth-order valence-electron chi connectivity index (χ4n) is 1.81.